The van der Waals surface area contributed by atoms with E-state index in [9.17, 15) is 8.78 Å². The molecule has 1 fully saturated rings. The van der Waals surface area contributed by atoms with Gasteiger partial charge in [-0.2, -0.15) is 0 Å². The molecule has 0 saturated carbocycles. The molecule has 2 atom stereocenters. The molecule has 106 valence electrons. The molecule has 2 nitrogen and oxygen atoms in total. The Morgan fingerprint density at radius 2 is 2.16 bits per heavy atom. The number of benzene rings is 1. The number of nitrogens with zero attached hydrogens (tertiary/aromatic N) is 1. The number of halogens is 2. The molecule has 0 bridgehead atoms. The smallest absolute Gasteiger partial charge is 0.127 e. The monoisotopic (exact) mass is 268 g/mol. The molecule has 4 heteroatoms. The zero-order chi connectivity index (χ0) is 13.8. The fourth-order valence-electron chi connectivity index (χ4n) is 2.95. The van der Waals surface area contributed by atoms with E-state index in [1.54, 1.807) is 0 Å². The molecule has 0 aromatic heterocycles. The molecule has 1 N–H and O–H groups in total. The number of likely N-dealkylation sites (tertiary alicyclic amines) is 1. The molecule has 19 heavy (non-hydrogen) atoms. The van der Waals surface area contributed by atoms with E-state index in [1.807, 2.05) is 7.05 Å². The largest absolute Gasteiger partial charge is 0.317 e. The fourth-order valence-corrected chi connectivity index (χ4v) is 2.95. The van der Waals surface area contributed by atoms with E-state index in [4.69, 9.17) is 0 Å². The number of hydrogen-bond donors (Lipinski definition) is 1. The lowest BCUT2D eigenvalue weighted by Crippen LogP contribution is -2.47. The van der Waals surface area contributed by atoms with E-state index in [1.165, 1.54) is 18.2 Å². The number of rotatable bonds is 4. The van der Waals surface area contributed by atoms with Crippen LogP contribution in [0.3, 0.4) is 0 Å². The highest BCUT2D eigenvalue weighted by Crippen LogP contribution is 2.22. The summed E-state index contributed by atoms with van der Waals surface area (Å²) in [4.78, 5) is 2.22. The molecule has 0 radical (unpaired) electrons. The zero-order valence-electron chi connectivity index (χ0n) is 11.6. The number of hydrogen-bond acceptors (Lipinski definition) is 2. The van der Waals surface area contributed by atoms with Gasteiger partial charge in [-0.15, -0.1) is 0 Å². The molecule has 1 aromatic rings. The van der Waals surface area contributed by atoms with Crippen LogP contribution in [0.2, 0.25) is 0 Å². The first-order chi connectivity index (χ1) is 9.13. The molecular formula is C15H22F2N2. The highest BCUT2D eigenvalue weighted by molar-refractivity contribution is 5.18. The van der Waals surface area contributed by atoms with Gasteiger partial charge in [0.25, 0.3) is 0 Å². The highest BCUT2D eigenvalue weighted by Gasteiger charge is 2.27. The molecule has 1 aromatic carbocycles. The summed E-state index contributed by atoms with van der Waals surface area (Å²) in [7, 11) is 2.00. The van der Waals surface area contributed by atoms with E-state index >= 15 is 0 Å². The van der Waals surface area contributed by atoms with Gasteiger partial charge in [-0.1, -0.05) is 13.3 Å². The third kappa shape index (κ3) is 3.51. The van der Waals surface area contributed by atoms with Gasteiger partial charge in [0.2, 0.25) is 0 Å². The summed E-state index contributed by atoms with van der Waals surface area (Å²) in [5.74, 6) is -0.103. The Labute approximate surface area is 113 Å². The Bertz CT molecular complexity index is 423. The van der Waals surface area contributed by atoms with E-state index in [2.05, 4.69) is 17.1 Å². The van der Waals surface area contributed by atoms with Crippen LogP contribution in [-0.2, 0) is 6.54 Å². The minimum atomic E-state index is -0.367. The van der Waals surface area contributed by atoms with Crippen LogP contribution >= 0.6 is 0 Å². The van der Waals surface area contributed by atoms with Gasteiger partial charge in [0.15, 0.2) is 0 Å². The van der Waals surface area contributed by atoms with Gasteiger partial charge in [0.05, 0.1) is 0 Å². The van der Waals surface area contributed by atoms with Crippen LogP contribution in [0.1, 0.15) is 25.3 Å². The Morgan fingerprint density at radius 1 is 1.37 bits per heavy atom. The SMILES string of the molecule is CCC1CN(Cc2cc(F)ccc2F)CCC1NC. The third-order valence-corrected chi connectivity index (χ3v) is 4.11. The molecular weight excluding hydrogens is 246 g/mol. The van der Waals surface area contributed by atoms with Crippen molar-refractivity contribution in [2.45, 2.75) is 32.4 Å². The van der Waals surface area contributed by atoms with Gasteiger partial charge < -0.3 is 5.32 Å². The molecule has 0 aliphatic carbocycles. The van der Waals surface area contributed by atoms with Crippen LogP contribution in [0, 0.1) is 17.6 Å². The van der Waals surface area contributed by atoms with Crippen molar-refractivity contribution < 1.29 is 8.78 Å². The van der Waals surface area contributed by atoms with Crippen molar-refractivity contribution in [1.82, 2.24) is 10.2 Å². The summed E-state index contributed by atoms with van der Waals surface area (Å²) in [5.41, 5.74) is 0.456. The summed E-state index contributed by atoms with van der Waals surface area (Å²) >= 11 is 0. The second-order valence-electron chi connectivity index (χ2n) is 5.32. The maximum absolute atomic E-state index is 13.6. The third-order valence-electron chi connectivity index (χ3n) is 4.11. The normalized spacial score (nSPS) is 24.6. The number of piperidine rings is 1. The van der Waals surface area contributed by atoms with Crippen molar-refractivity contribution in [1.29, 1.82) is 0 Å². The summed E-state index contributed by atoms with van der Waals surface area (Å²) < 4.78 is 26.8. The van der Waals surface area contributed by atoms with Gasteiger partial charge in [0, 0.05) is 24.7 Å². The maximum atomic E-state index is 13.6. The lowest BCUT2D eigenvalue weighted by molar-refractivity contribution is 0.131. The predicted octanol–water partition coefficient (Wildman–Crippen LogP) is 2.78. The molecule has 2 rings (SSSR count). The van der Waals surface area contributed by atoms with E-state index < -0.39 is 0 Å². The fraction of sp³-hybridized carbons (Fsp3) is 0.600. The van der Waals surface area contributed by atoms with Crippen molar-refractivity contribution in [2.24, 2.45) is 5.92 Å². The van der Waals surface area contributed by atoms with Crippen molar-refractivity contribution in [3.8, 4) is 0 Å². The molecule has 2 unspecified atom stereocenters. The Morgan fingerprint density at radius 3 is 2.84 bits per heavy atom. The summed E-state index contributed by atoms with van der Waals surface area (Å²) in [5, 5.41) is 3.35. The Hall–Kier alpha value is -1.00. The van der Waals surface area contributed by atoms with Crippen molar-refractivity contribution in [3.05, 3.63) is 35.4 Å². The van der Waals surface area contributed by atoms with Crippen LogP contribution in [0.5, 0.6) is 0 Å². The topological polar surface area (TPSA) is 15.3 Å². The van der Waals surface area contributed by atoms with Gasteiger partial charge >= 0.3 is 0 Å². The van der Waals surface area contributed by atoms with Gasteiger partial charge in [-0.25, -0.2) is 8.78 Å². The predicted molar refractivity (Wildman–Crippen MR) is 72.9 cm³/mol. The molecule has 0 amide bonds. The molecule has 1 aliphatic heterocycles. The molecule has 1 aliphatic rings. The maximum Gasteiger partial charge on any atom is 0.127 e. The first kappa shape index (κ1) is 14.4. The van der Waals surface area contributed by atoms with Crippen molar-refractivity contribution in [3.63, 3.8) is 0 Å². The van der Waals surface area contributed by atoms with Gasteiger partial charge in [-0.3, -0.25) is 4.90 Å². The van der Waals surface area contributed by atoms with Crippen LogP contribution in [0.15, 0.2) is 18.2 Å². The average molecular weight is 268 g/mol. The average Bonchev–Trinajstić information content (AvgIpc) is 2.42. The lowest BCUT2D eigenvalue weighted by Gasteiger charge is -2.38. The Kier molecular flexibility index (Phi) is 4.88. The zero-order valence-corrected chi connectivity index (χ0v) is 11.6. The van der Waals surface area contributed by atoms with Gasteiger partial charge in [-0.05, 0) is 44.1 Å². The summed E-state index contributed by atoms with van der Waals surface area (Å²) in [6.45, 7) is 4.55. The van der Waals surface area contributed by atoms with Crippen LogP contribution in [0.25, 0.3) is 0 Å². The van der Waals surface area contributed by atoms with E-state index in [0.717, 1.165) is 25.9 Å². The lowest BCUT2D eigenvalue weighted by atomic mass is 9.90. The molecule has 1 heterocycles. The van der Waals surface area contributed by atoms with Crippen LogP contribution < -0.4 is 5.32 Å². The van der Waals surface area contributed by atoms with Crippen LogP contribution in [-0.4, -0.2) is 31.1 Å². The van der Waals surface area contributed by atoms with Gasteiger partial charge in [0.1, 0.15) is 11.6 Å². The molecule has 0 spiro atoms. The quantitative estimate of drug-likeness (QED) is 0.903. The van der Waals surface area contributed by atoms with E-state index in [0.29, 0.717) is 24.1 Å². The summed E-state index contributed by atoms with van der Waals surface area (Å²) in [6, 6.07) is 4.22. The Balaban J connectivity index is 2.02. The first-order valence-corrected chi connectivity index (χ1v) is 6.97. The number of nitrogens with one attached hydrogen (secondary N) is 1. The minimum absolute atomic E-state index is 0.315. The molecule has 1 saturated heterocycles. The van der Waals surface area contributed by atoms with Crippen molar-refractivity contribution >= 4 is 0 Å². The second-order valence-corrected chi connectivity index (χ2v) is 5.32. The highest BCUT2D eigenvalue weighted by atomic mass is 19.1. The van der Waals surface area contributed by atoms with Crippen LogP contribution in [0.4, 0.5) is 8.78 Å². The first-order valence-electron chi connectivity index (χ1n) is 6.97. The minimum Gasteiger partial charge on any atom is -0.317 e. The van der Waals surface area contributed by atoms with Crippen molar-refractivity contribution in [2.75, 3.05) is 20.1 Å². The summed E-state index contributed by atoms with van der Waals surface area (Å²) in [6.07, 6.45) is 2.17. The standard InChI is InChI=1S/C15H22F2N2/c1-3-11-9-19(7-6-15(11)18-2)10-12-8-13(16)4-5-14(12)17/h4-5,8,11,15,18H,3,6-7,9-10H2,1-2H3. The van der Waals surface area contributed by atoms with E-state index in [-0.39, 0.29) is 11.6 Å². The second kappa shape index (κ2) is 6.44.